The number of hydrogen-bond acceptors (Lipinski definition) is 4. The van der Waals surface area contributed by atoms with Gasteiger partial charge in [0.2, 0.25) is 0 Å². The fraction of sp³-hybridized carbons (Fsp3) is 0.769. The van der Waals surface area contributed by atoms with Gasteiger partial charge in [0, 0.05) is 24.9 Å². The third-order valence-electron chi connectivity index (χ3n) is 3.63. The summed E-state index contributed by atoms with van der Waals surface area (Å²) in [6, 6.07) is -0.0345. The Morgan fingerprint density at radius 2 is 2.06 bits per heavy atom. The Bertz CT molecular complexity index is 347. The molecule has 18 heavy (non-hydrogen) atoms. The summed E-state index contributed by atoms with van der Waals surface area (Å²) < 4.78 is 7.90. The van der Waals surface area contributed by atoms with Crippen molar-refractivity contribution in [3.63, 3.8) is 0 Å². The van der Waals surface area contributed by atoms with E-state index in [0.717, 1.165) is 24.9 Å². The molecule has 0 aromatic carbocycles. The zero-order valence-electron chi connectivity index (χ0n) is 11.9. The van der Waals surface area contributed by atoms with Crippen molar-refractivity contribution in [1.82, 2.24) is 15.2 Å². The maximum atomic E-state index is 6.00. The molecule has 3 N–H and O–H groups in total. The average molecular weight is 254 g/mol. The minimum absolute atomic E-state index is 0.0345. The number of nitrogens with zero attached hydrogens (tertiary/aromatic N) is 2. The second-order valence-electron chi connectivity index (χ2n) is 4.43. The molecule has 5 heteroatoms. The van der Waals surface area contributed by atoms with Crippen molar-refractivity contribution in [3.05, 3.63) is 18.0 Å². The van der Waals surface area contributed by atoms with E-state index in [4.69, 9.17) is 10.6 Å². The molecule has 0 aliphatic heterocycles. The molecule has 1 rings (SSSR count). The Morgan fingerprint density at radius 3 is 2.44 bits per heavy atom. The molecular weight excluding hydrogens is 228 g/mol. The first-order valence-electron chi connectivity index (χ1n) is 6.79. The molecule has 0 saturated heterocycles. The SMILES string of the molecule is CCOC(CC)(CC)C(NN)c1cnn(CC)c1. The zero-order chi connectivity index (χ0) is 13.6. The monoisotopic (exact) mass is 254 g/mol. The largest absolute Gasteiger partial charge is 0.373 e. The lowest BCUT2D eigenvalue weighted by Crippen LogP contribution is -2.47. The highest BCUT2D eigenvalue weighted by atomic mass is 16.5. The number of nitrogens with one attached hydrogen (secondary N) is 1. The van der Waals surface area contributed by atoms with Crippen LogP contribution in [-0.4, -0.2) is 22.0 Å². The Labute approximate surface area is 110 Å². The molecule has 0 spiro atoms. The van der Waals surface area contributed by atoms with Crippen molar-refractivity contribution in [2.75, 3.05) is 6.61 Å². The van der Waals surface area contributed by atoms with E-state index in [0.29, 0.717) is 6.61 Å². The van der Waals surface area contributed by atoms with Gasteiger partial charge in [0.15, 0.2) is 0 Å². The number of aryl methyl sites for hydroxylation is 1. The summed E-state index contributed by atoms with van der Waals surface area (Å²) in [4.78, 5) is 0. The van der Waals surface area contributed by atoms with Crippen LogP contribution >= 0.6 is 0 Å². The van der Waals surface area contributed by atoms with Gasteiger partial charge < -0.3 is 4.74 Å². The van der Waals surface area contributed by atoms with Gasteiger partial charge in [0.25, 0.3) is 0 Å². The zero-order valence-corrected chi connectivity index (χ0v) is 11.9. The van der Waals surface area contributed by atoms with Gasteiger partial charge in [-0.2, -0.15) is 5.10 Å². The van der Waals surface area contributed by atoms with Gasteiger partial charge in [0.1, 0.15) is 0 Å². The topological polar surface area (TPSA) is 65.1 Å². The fourth-order valence-electron chi connectivity index (χ4n) is 2.49. The lowest BCUT2D eigenvalue weighted by molar-refractivity contribution is -0.0734. The van der Waals surface area contributed by atoms with Crippen molar-refractivity contribution >= 4 is 0 Å². The molecule has 104 valence electrons. The summed E-state index contributed by atoms with van der Waals surface area (Å²) >= 11 is 0. The van der Waals surface area contributed by atoms with Crippen molar-refractivity contribution in [1.29, 1.82) is 0 Å². The Balaban J connectivity index is 3.04. The van der Waals surface area contributed by atoms with Gasteiger partial charge in [-0.05, 0) is 26.7 Å². The van der Waals surface area contributed by atoms with Crippen LogP contribution in [0.1, 0.15) is 52.1 Å². The Hall–Kier alpha value is -0.910. The van der Waals surface area contributed by atoms with Crippen LogP contribution in [0.3, 0.4) is 0 Å². The van der Waals surface area contributed by atoms with Crippen molar-refractivity contribution in [2.24, 2.45) is 5.84 Å². The smallest absolute Gasteiger partial charge is 0.0884 e. The van der Waals surface area contributed by atoms with Gasteiger partial charge in [0.05, 0.1) is 17.8 Å². The molecule has 1 atom stereocenters. The molecule has 1 heterocycles. The van der Waals surface area contributed by atoms with E-state index in [1.54, 1.807) is 0 Å². The van der Waals surface area contributed by atoms with Crippen molar-refractivity contribution in [3.8, 4) is 0 Å². The molecule has 0 aliphatic rings. The van der Waals surface area contributed by atoms with E-state index < -0.39 is 0 Å². The standard InChI is InChI=1S/C13H26N4O/c1-5-13(6-2,18-8-4)12(16-14)11-9-15-17(7-3)10-11/h9-10,12,16H,5-8,14H2,1-4H3. The minimum atomic E-state index is -0.273. The Kier molecular flexibility index (Phi) is 5.78. The summed E-state index contributed by atoms with van der Waals surface area (Å²) in [7, 11) is 0. The number of rotatable bonds is 8. The number of aromatic nitrogens is 2. The number of nitrogens with two attached hydrogens (primary N) is 1. The van der Waals surface area contributed by atoms with Crippen LogP contribution in [0, 0.1) is 0 Å². The average Bonchev–Trinajstić information content (AvgIpc) is 2.87. The maximum absolute atomic E-state index is 6.00. The van der Waals surface area contributed by atoms with E-state index in [1.165, 1.54) is 0 Å². The normalized spacial score (nSPS) is 13.8. The molecule has 0 radical (unpaired) electrons. The van der Waals surface area contributed by atoms with Gasteiger partial charge in [-0.3, -0.25) is 10.5 Å². The molecule has 0 aliphatic carbocycles. The first-order valence-corrected chi connectivity index (χ1v) is 6.79. The maximum Gasteiger partial charge on any atom is 0.0884 e. The third-order valence-corrected chi connectivity index (χ3v) is 3.63. The molecule has 5 nitrogen and oxygen atoms in total. The van der Waals surface area contributed by atoms with Gasteiger partial charge >= 0.3 is 0 Å². The number of ether oxygens (including phenoxy) is 1. The molecule has 0 saturated carbocycles. The molecule has 0 amide bonds. The van der Waals surface area contributed by atoms with Crippen LogP contribution in [0.15, 0.2) is 12.4 Å². The summed E-state index contributed by atoms with van der Waals surface area (Å²) in [6.07, 6.45) is 5.71. The summed E-state index contributed by atoms with van der Waals surface area (Å²) in [6.45, 7) is 9.89. The van der Waals surface area contributed by atoms with Crippen LogP contribution in [-0.2, 0) is 11.3 Å². The van der Waals surface area contributed by atoms with Crippen LogP contribution in [0.5, 0.6) is 0 Å². The lowest BCUT2D eigenvalue weighted by Gasteiger charge is -2.38. The first kappa shape index (κ1) is 15.1. The molecule has 0 fully saturated rings. The number of hydrogen-bond donors (Lipinski definition) is 2. The van der Waals surface area contributed by atoms with E-state index in [1.807, 2.05) is 24.0 Å². The Morgan fingerprint density at radius 1 is 1.39 bits per heavy atom. The van der Waals surface area contributed by atoms with E-state index in [9.17, 15) is 0 Å². The van der Waals surface area contributed by atoms with Crippen molar-refractivity contribution < 1.29 is 4.74 Å². The molecule has 1 aromatic heterocycles. The lowest BCUT2D eigenvalue weighted by atomic mass is 9.85. The molecular formula is C13H26N4O. The summed E-state index contributed by atoms with van der Waals surface area (Å²) in [5.74, 6) is 5.76. The molecule has 1 aromatic rings. The predicted molar refractivity (Wildman–Crippen MR) is 72.9 cm³/mol. The fourth-order valence-corrected chi connectivity index (χ4v) is 2.49. The summed E-state index contributed by atoms with van der Waals surface area (Å²) in [5.41, 5.74) is 3.71. The van der Waals surface area contributed by atoms with Crippen LogP contribution in [0.25, 0.3) is 0 Å². The quantitative estimate of drug-likeness (QED) is 0.550. The van der Waals surface area contributed by atoms with Gasteiger partial charge in [-0.25, -0.2) is 5.43 Å². The van der Waals surface area contributed by atoms with E-state index in [-0.39, 0.29) is 11.6 Å². The molecule has 1 unspecified atom stereocenters. The van der Waals surface area contributed by atoms with Crippen LogP contribution < -0.4 is 11.3 Å². The van der Waals surface area contributed by atoms with Crippen LogP contribution in [0.4, 0.5) is 0 Å². The molecule has 0 bridgehead atoms. The highest BCUT2D eigenvalue weighted by molar-refractivity contribution is 5.16. The minimum Gasteiger partial charge on any atom is -0.373 e. The van der Waals surface area contributed by atoms with Gasteiger partial charge in [-0.1, -0.05) is 13.8 Å². The van der Waals surface area contributed by atoms with Gasteiger partial charge in [-0.15, -0.1) is 0 Å². The predicted octanol–water partition coefficient (Wildman–Crippen LogP) is 2.00. The van der Waals surface area contributed by atoms with E-state index >= 15 is 0 Å². The van der Waals surface area contributed by atoms with E-state index in [2.05, 4.69) is 31.3 Å². The highest BCUT2D eigenvalue weighted by Gasteiger charge is 2.37. The second-order valence-corrected chi connectivity index (χ2v) is 4.43. The second kappa shape index (κ2) is 6.87. The first-order chi connectivity index (χ1) is 8.67. The third kappa shape index (κ3) is 2.91. The van der Waals surface area contributed by atoms with Crippen LogP contribution in [0.2, 0.25) is 0 Å². The highest BCUT2D eigenvalue weighted by Crippen LogP contribution is 2.34. The van der Waals surface area contributed by atoms with Crippen molar-refractivity contribution in [2.45, 2.75) is 58.7 Å². The number of hydrazine groups is 1. The summed E-state index contributed by atoms with van der Waals surface area (Å²) in [5, 5.41) is 4.31.